The molecule has 10 heteroatoms. The zero-order chi connectivity index (χ0) is 16.0. The van der Waals surface area contributed by atoms with E-state index >= 15 is 0 Å². The number of halogens is 6. The van der Waals surface area contributed by atoms with E-state index in [-0.39, 0.29) is 14.6 Å². The van der Waals surface area contributed by atoms with Gasteiger partial charge < -0.3 is 4.98 Å². The highest BCUT2D eigenvalue weighted by molar-refractivity contribution is 9.13. The van der Waals surface area contributed by atoms with Crippen LogP contribution in [0.5, 0.6) is 0 Å². The minimum atomic E-state index is -5.48. The van der Waals surface area contributed by atoms with Gasteiger partial charge in [-0.25, -0.2) is 8.42 Å². The third kappa shape index (κ3) is 3.01. The van der Waals surface area contributed by atoms with Crippen molar-refractivity contribution in [1.29, 1.82) is 0 Å². The molecule has 0 saturated carbocycles. The summed E-state index contributed by atoms with van der Waals surface area (Å²) < 4.78 is 60.9. The van der Waals surface area contributed by atoms with E-state index in [1.807, 2.05) is 0 Å². The van der Waals surface area contributed by atoms with Crippen molar-refractivity contribution < 1.29 is 21.6 Å². The molecule has 0 amide bonds. The van der Waals surface area contributed by atoms with E-state index in [1.54, 1.807) is 12.1 Å². The Morgan fingerprint density at radius 2 is 1.57 bits per heavy atom. The second-order valence-corrected chi connectivity index (χ2v) is 7.81. The Bertz CT molecular complexity index is 785. The summed E-state index contributed by atoms with van der Waals surface area (Å²) in [5, 5.41) is -0.504. The normalized spacial score (nSPS) is 12.7. The maximum Gasteiger partial charge on any atom is 0.503 e. The Morgan fingerprint density at radius 1 is 1.05 bits per heavy atom. The van der Waals surface area contributed by atoms with Crippen molar-refractivity contribution >= 4 is 53.3 Å². The molecular weight excluding hydrogens is 462 g/mol. The minimum Gasteiger partial charge on any atom is -0.343 e. The van der Waals surface area contributed by atoms with Gasteiger partial charge in [-0.2, -0.15) is 13.2 Å². The molecule has 0 aliphatic carbocycles. The largest absolute Gasteiger partial charge is 0.503 e. The van der Waals surface area contributed by atoms with Crippen molar-refractivity contribution in [2.75, 3.05) is 0 Å². The van der Waals surface area contributed by atoms with Crippen molar-refractivity contribution in [3.8, 4) is 11.3 Å². The molecule has 3 nitrogen and oxygen atoms in total. The molecule has 2 rings (SSSR count). The fourth-order valence-electron chi connectivity index (χ4n) is 1.55. The first-order chi connectivity index (χ1) is 9.55. The Hall–Kier alpha value is -0.510. The molecule has 1 aromatic heterocycles. The van der Waals surface area contributed by atoms with E-state index in [2.05, 4.69) is 36.8 Å². The molecule has 2 aromatic rings. The molecule has 1 aromatic carbocycles. The lowest BCUT2D eigenvalue weighted by Crippen LogP contribution is -2.23. The molecule has 0 aliphatic heterocycles. The number of sulfone groups is 1. The van der Waals surface area contributed by atoms with E-state index in [9.17, 15) is 21.6 Å². The topological polar surface area (TPSA) is 49.9 Å². The van der Waals surface area contributed by atoms with Crippen LogP contribution in [0.15, 0.2) is 38.2 Å². The zero-order valence-corrected chi connectivity index (χ0v) is 14.5. The second kappa shape index (κ2) is 5.60. The van der Waals surface area contributed by atoms with Gasteiger partial charge in [-0.15, -0.1) is 0 Å². The summed E-state index contributed by atoms with van der Waals surface area (Å²) in [4.78, 5) is 2.29. The van der Waals surface area contributed by atoms with Gasteiger partial charge in [0.25, 0.3) is 9.84 Å². The van der Waals surface area contributed by atoms with Crippen LogP contribution in [0.2, 0.25) is 5.02 Å². The number of aromatic amines is 1. The van der Waals surface area contributed by atoms with Crippen LogP contribution in [0.25, 0.3) is 11.3 Å². The maximum atomic E-state index is 12.6. The lowest BCUT2D eigenvalue weighted by molar-refractivity contribution is -0.0438. The van der Waals surface area contributed by atoms with Gasteiger partial charge in [-0.3, -0.25) is 0 Å². The van der Waals surface area contributed by atoms with E-state index < -0.39 is 20.4 Å². The molecule has 0 unspecified atom stereocenters. The fraction of sp³-hybridized carbons (Fsp3) is 0.0909. The lowest BCUT2D eigenvalue weighted by Gasteiger charge is -2.06. The van der Waals surface area contributed by atoms with Crippen LogP contribution < -0.4 is 0 Å². The average Bonchev–Trinajstić information content (AvgIpc) is 2.67. The number of benzene rings is 1. The number of nitrogens with one attached hydrogen (secondary N) is 1. The Kier molecular flexibility index (Phi) is 4.50. The highest BCUT2D eigenvalue weighted by Gasteiger charge is 2.49. The second-order valence-electron chi connectivity index (χ2n) is 3.91. The van der Waals surface area contributed by atoms with Crippen molar-refractivity contribution in [3.63, 3.8) is 0 Å². The van der Waals surface area contributed by atoms with Gasteiger partial charge in [-0.05, 0) is 49.6 Å². The molecule has 0 aliphatic rings. The van der Waals surface area contributed by atoms with Crippen LogP contribution in [0.4, 0.5) is 13.2 Å². The van der Waals surface area contributed by atoms with Gasteiger partial charge in [0.1, 0.15) is 0 Å². The lowest BCUT2D eigenvalue weighted by atomic mass is 10.2. The van der Waals surface area contributed by atoms with Gasteiger partial charge in [-0.1, -0.05) is 23.7 Å². The minimum absolute atomic E-state index is 0.174. The fourth-order valence-corrected chi connectivity index (χ4v) is 4.08. The van der Waals surface area contributed by atoms with Crippen LogP contribution in [0.1, 0.15) is 0 Å². The summed E-state index contributed by atoms with van der Waals surface area (Å²) >= 11 is 11.7. The summed E-state index contributed by atoms with van der Waals surface area (Å²) in [6, 6.07) is 6.18. The van der Waals surface area contributed by atoms with Gasteiger partial charge in [0.15, 0.2) is 5.03 Å². The number of alkyl halides is 3. The van der Waals surface area contributed by atoms with Crippen molar-refractivity contribution in [1.82, 2.24) is 4.98 Å². The average molecular weight is 467 g/mol. The van der Waals surface area contributed by atoms with Crippen molar-refractivity contribution in [2.24, 2.45) is 0 Å². The highest BCUT2D eigenvalue weighted by atomic mass is 79.9. The first kappa shape index (κ1) is 16.9. The van der Waals surface area contributed by atoms with Gasteiger partial charge in [0.2, 0.25) is 0 Å². The molecule has 0 spiro atoms. The van der Waals surface area contributed by atoms with Gasteiger partial charge >= 0.3 is 5.51 Å². The third-order valence-electron chi connectivity index (χ3n) is 2.56. The Labute approximate surface area is 139 Å². The molecule has 0 bridgehead atoms. The molecule has 114 valence electrons. The predicted molar refractivity (Wildman–Crippen MR) is 79.9 cm³/mol. The van der Waals surface area contributed by atoms with Crippen molar-refractivity contribution in [3.05, 3.63) is 38.2 Å². The Balaban J connectivity index is 2.65. The molecule has 0 atom stereocenters. The van der Waals surface area contributed by atoms with Crippen LogP contribution in [-0.2, 0) is 9.84 Å². The summed E-state index contributed by atoms with van der Waals surface area (Å²) in [5.41, 5.74) is -4.71. The van der Waals surface area contributed by atoms with Gasteiger partial charge in [0.05, 0.1) is 14.6 Å². The van der Waals surface area contributed by atoms with Crippen LogP contribution >= 0.6 is 43.5 Å². The standard InChI is InChI=1S/C11H5Br2ClF3NO2S/c12-7-8(13)10(21(19,20)11(15,16)17)18-9(7)5-1-3-6(14)4-2-5/h1-4,18H. The third-order valence-corrected chi connectivity index (χ3v) is 6.64. The molecular formula is C11H5Br2ClF3NO2S. The molecule has 21 heavy (non-hydrogen) atoms. The van der Waals surface area contributed by atoms with E-state index in [4.69, 9.17) is 11.6 Å². The SMILES string of the molecule is O=S(=O)(c1[nH]c(-c2ccc(Cl)cc2)c(Br)c1Br)C(F)(F)F. The monoisotopic (exact) mass is 465 g/mol. The zero-order valence-electron chi connectivity index (χ0n) is 9.80. The van der Waals surface area contributed by atoms with Crippen molar-refractivity contribution in [2.45, 2.75) is 10.5 Å². The first-order valence-electron chi connectivity index (χ1n) is 5.20. The quantitative estimate of drug-likeness (QED) is 0.664. The van der Waals surface area contributed by atoms with Crippen LogP contribution in [0.3, 0.4) is 0 Å². The predicted octanol–water partition coefficient (Wildman–Crippen LogP) is 5.15. The number of hydrogen-bond donors (Lipinski definition) is 1. The van der Waals surface area contributed by atoms with Crippen LogP contribution in [-0.4, -0.2) is 18.9 Å². The summed E-state index contributed by atoms with van der Waals surface area (Å²) in [5.74, 6) is 0. The summed E-state index contributed by atoms with van der Waals surface area (Å²) in [7, 11) is -5.48. The summed E-state index contributed by atoms with van der Waals surface area (Å²) in [6.45, 7) is 0. The Morgan fingerprint density at radius 3 is 2.05 bits per heavy atom. The highest BCUT2D eigenvalue weighted by Crippen LogP contribution is 2.42. The number of aromatic nitrogens is 1. The molecule has 0 saturated heterocycles. The molecule has 0 radical (unpaired) electrons. The van der Waals surface area contributed by atoms with Gasteiger partial charge in [0, 0.05) is 5.02 Å². The van der Waals surface area contributed by atoms with E-state index in [0.717, 1.165) is 0 Å². The molecule has 0 fully saturated rings. The maximum absolute atomic E-state index is 12.6. The van der Waals surface area contributed by atoms with E-state index in [0.29, 0.717) is 10.6 Å². The number of rotatable bonds is 2. The molecule has 1 N–H and O–H groups in total. The number of hydrogen-bond acceptors (Lipinski definition) is 2. The van der Waals surface area contributed by atoms with E-state index in [1.165, 1.54) is 12.1 Å². The first-order valence-corrected chi connectivity index (χ1v) is 8.64. The van der Waals surface area contributed by atoms with Crippen LogP contribution in [0, 0.1) is 0 Å². The number of H-pyrrole nitrogens is 1. The molecule has 1 heterocycles. The smallest absolute Gasteiger partial charge is 0.343 e. The summed E-state index contributed by atoms with van der Waals surface area (Å²) in [6.07, 6.45) is 0.